The summed E-state index contributed by atoms with van der Waals surface area (Å²) >= 11 is 0. The van der Waals surface area contributed by atoms with Crippen LogP contribution in [-0.4, -0.2) is 22.4 Å². The molecule has 3 N–H and O–H groups in total. The molecule has 1 aromatic heterocycles. The van der Waals surface area contributed by atoms with Crippen LogP contribution < -0.4 is 11.1 Å². The monoisotopic (exact) mass is 284 g/mol. The van der Waals surface area contributed by atoms with Crippen LogP contribution >= 0.6 is 0 Å². The van der Waals surface area contributed by atoms with Gasteiger partial charge in [-0.05, 0) is 12.3 Å². The minimum Gasteiger partial charge on any atom is -0.383 e. The van der Waals surface area contributed by atoms with Crippen molar-refractivity contribution >= 4 is 11.7 Å². The minimum atomic E-state index is -0.229. The first-order valence-electron chi connectivity index (χ1n) is 7.04. The molecule has 0 saturated carbocycles. The SMILES string of the molecule is CC(C)CCNC(=O)c1cnc(-c2ccccc2)nc1N. The smallest absolute Gasteiger partial charge is 0.256 e. The molecule has 0 radical (unpaired) electrons. The number of aromatic nitrogens is 2. The highest BCUT2D eigenvalue weighted by molar-refractivity contribution is 5.98. The Morgan fingerprint density at radius 2 is 2.00 bits per heavy atom. The third-order valence-electron chi connectivity index (χ3n) is 3.10. The van der Waals surface area contributed by atoms with Gasteiger partial charge in [0.15, 0.2) is 5.82 Å². The average Bonchev–Trinajstić information content (AvgIpc) is 2.47. The Kier molecular flexibility index (Phi) is 4.87. The van der Waals surface area contributed by atoms with Crippen LogP contribution in [0.5, 0.6) is 0 Å². The van der Waals surface area contributed by atoms with E-state index in [1.54, 1.807) is 0 Å². The molecule has 1 heterocycles. The molecule has 1 aromatic carbocycles. The largest absolute Gasteiger partial charge is 0.383 e. The predicted molar refractivity (Wildman–Crippen MR) is 83.7 cm³/mol. The summed E-state index contributed by atoms with van der Waals surface area (Å²) in [5, 5.41) is 2.83. The standard InChI is InChI=1S/C16H20N4O/c1-11(2)8-9-18-16(21)13-10-19-15(20-14(13)17)12-6-4-3-5-7-12/h3-7,10-11H,8-9H2,1-2H3,(H,18,21)(H2,17,19,20). The molecule has 5 heteroatoms. The first-order valence-corrected chi connectivity index (χ1v) is 7.04. The molecule has 21 heavy (non-hydrogen) atoms. The first kappa shape index (κ1) is 15.0. The van der Waals surface area contributed by atoms with E-state index < -0.39 is 0 Å². The van der Waals surface area contributed by atoms with Gasteiger partial charge in [-0.3, -0.25) is 4.79 Å². The van der Waals surface area contributed by atoms with E-state index in [1.165, 1.54) is 6.20 Å². The van der Waals surface area contributed by atoms with Crippen molar-refractivity contribution in [2.24, 2.45) is 5.92 Å². The van der Waals surface area contributed by atoms with Crippen LogP contribution in [0, 0.1) is 5.92 Å². The van der Waals surface area contributed by atoms with Gasteiger partial charge in [0.25, 0.3) is 5.91 Å². The van der Waals surface area contributed by atoms with Gasteiger partial charge < -0.3 is 11.1 Å². The number of nitrogens with zero attached hydrogens (tertiary/aromatic N) is 2. The molecular formula is C16H20N4O. The van der Waals surface area contributed by atoms with Crippen LogP contribution in [0.15, 0.2) is 36.5 Å². The van der Waals surface area contributed by atoms with E-state index in [2.05, 4.69) is 29.1 Å². The Labute approximate surface area is 124 Å². The Morgan fingerprint density at radius 1 is 1.29 bits per heavy atom. The quantitative estimate of drug-likeness (QED) is 0.884. The molecule has 0 aliphatic heterocycles. The van der Waals surface area contributed by atoms with E-state index >= 15 is 0 Å². The second-order valence-electron chi connectivity index (χ2n) is 5.30. The second-order valence-corrected chi connectivity index (χ2v) is 5.30. The van der Waals surface area contributed by atoms with Crippen LogP contribution in [0.1, 0.15) is 30.6 Å². The summed E-state index contributed by atoms with van der Waals surface area (Å²) in [6.45, 7) is 4.84. The van der Waals surface area contributed by atoms with Crippen molar-refractivity contribution in [1.82, 2.24) is 15.3 Å². The van der Waals surface area contributed by atoms with Crippen LogP contribution in [0.25, 0.3) is 11.4 Å². The second kappa shape index (κ2) is 6.83. The molecule has 2 rings (SSSR count). The van der Waals surface area contributed by atoms with Crippen molar-refractivity contribution in [3.05, 3.63) is 42.1 Å². The predicted octanol–water partition coefficient (Wildman–Crippen LogP) is 2.50. The van der Waals surface area contributed by atoms with Gasteiger partial charge in [0.1, 0.15) is 5.82 Å². The topological polar surface area (TPSA) is 80.9 Å². The number of hydrogen-bond acceptors (Lipinski definition) is 4. The summed E-state index contributed by atoms with van der Waals surface area (Å²) in [6.07, 6.45) is 2.41. The minimum absolute atomic E-state index is 0.200. The average molecular weight is 284 g/mol. The highest BCUT2D eigenvalue weighted by atomic mass is 16.1. The fourth-order valence-electron chi connectivity index (χ4n) is 1.87. The van der Waals surface area contributed by atoms with E-state index in [-0.39, 0.29) is 11.7 Å². The Balaban J connectivity index is 2.11. The van der Waals surface area contributed by atoms with Gasteiger partial charge in [-0.25, -0.2) is 9.97 Å². The van der Waals surface area contributed by atoms with E-state index in [4.69, 9.17) is 5.73 Å². The molecule has 0 aliphatic rings. The number of nitrogens with one attached hydrogen (secondary N) is 1. The Hall–Kier alpha value is -2.43. The van der Waals surface area contributed by atoms with Crippen molar-refractivity contribution < 1.29 is 4.79 Å². The molecule has 2 aromatic rings. The van der Waals surface area contributed by atoms with Gasteiger partial charge in [0, 0.05) is 18.3 Å². The zero-order valence-electron chi connectivity index (χ0n) is 12.3. The number of amides is 1. The van der Waals surface area contributed by atoms with Gasteiger partial charge in [-0.2, -0.15) is 0 Å². The van der Waals surface area contributed by atoms with Crippen LogP contribution in [0.3, 0.4) is 0 Å². The molecule has 0 atom stereocenters. The van der Waals surface area contributed by atoms with Gasteiger partial charge >= 0.3 is 0 Å². The summed E-state index contributed by atoms with van der Waals surface area (Å²) in [5.41, 5.74) is 7.07. The zero-order chi connectivity index (χ0) is 15.2. The third-order valence-corrected chi connectivity index (χ3v) is 3.10. The fourth-order valence-corrected chi connectivity index (χ4v) is 1.87. The summed E-state index contributed by atoms with van der Waals surface area (Å²) < 4.78 is 0. The fraction of sp³-hybridized carbons (Fsp3) is 0.312. The number of nitrogen functional groups attached to an aromatic ring is 1. The number of rotatable bonds is 5. The van der Waals surface area contributed by atoms with Crippen LogP contribution in [0.2, 0.25) is 0 Å². The molecule has 0 aliphatic carbocycles. The molecule has 0 spiro atoms. The molecule has 0 unspecified atom stereocenters. The van der Waals surface area contributed by atoms with Crippen molar-refractivity contribution in [2.75, 3.05) is 12.3 Å². The van der Waals surface area contributed by atoms with Crippen molar-refractivity contribution in [2.45, 2.75) is 20.3 Å². The maximum atomic E-state index is 12.0. The van der Waals surface area contributed by atoms with Gasteiger partial charge in [0.2, 0.25) is 0 Å². The van der Waals surface area contributed by atoms with Crippen molar-refractivity contribution in [3.63, 3.8) is 0 Å². The summed E-state index contributed by atoms with van der Waals surface area (Å²) in [4.78, 5) is 20.5. The van der Waals surface area contributed by atoms with Crippen LogP contribution in [0.4, 0.5) is 5.82 Å². The third kappa shape index (κ3) is 4.02. The van der Waals surface area contributed by atoms with Gasteiger partial charge in [-0.15, -0.1) is 0 Å². The molecule has 1 amide bonds. The molecule has 110 valence electrons. The highest BCUT2D eigenvalue weighted by Crippen LogP contribution is 2.17. The maximum Gasteiger partial charge on any atom is 0.256 e. The van der Waals surface area contributed by atoms with Crippen molar-refractivity contribution in [3.8, 4) is 11.4 Å². The molecule has 5 nitrogen and oxygen atoms in total. The zero-order valence-corrected chi connectivity index (χ0v) is 12.3. The lowest BCUT2D eigenvalue weighted by Gasteiger charge is -2.09. The van der Waals surface area contributed by atoms with Gasteiger partial charge in [0.05, 0.1) is 5.56 Å². The lowest BCUT2D eigenvalue weighted by molar-refractivity contribution is 0.0952. The number of carbonyl (C=O) groups is 1. The van der Waals surface area contributed by atoms with Crippen molar-refractivity contribution in [1.29, 1.82) is 0 Å². The molecule has 0 saturated heterocycles. The lowest BCUT2D eigenvalue weighted by atomic mass is 10.1. The van der Waals surface area contributed by atoms with E-state index in [0.717, 1.165) is 12.0 Å². The normalized spacial score (nSPS) is 10.6. The van der Waals surface area contributed by atoms with E-state index in [1.807, 2.05) is 30.3 Å². The Morgan fingerprint density at radius 3 is 2.62 bits per heavy atom. The highest BCUT2D eigenvalue weighted by Gasteiger charge is 2.13. The number of nitrogens with two attached hydrogens (primary N) is 1. The van der Waals surface area contributed by atoms with Crippen LogP contribution in [-0.2, 0) is 0 Å². The Bertz CT molecular complexity index is 611. The number of hydrogen-bond donors (Lipinski definition) is 2. The molecular weight excluding hydrogens is 264 g/mol. The summed E-state index contributed by atoms with van der Waals surface area (Å²) in [5.74, 6) is 1.03. The first-order chi connectivity index (χ1) is 10.1. The van der Waals surface area contributed by atoms with E-state index in [9.17, 15) is 4.79 Å². The lowest BCUT2D eigenvalue weighted by Crippen LogP contribution is -2.26. The number of anilines is 1. The summed E-state index contributed by atoms with van der Waals surface area (Å²) in [6, 6.07) is 9.53. The number of benzene rings is 1. The van der Waals surface area contributed by atoms with E-state index in [0.29, 0.717) is 23.9 Å². The maximum absolute atomic E-state index is 12.0. The molecule has 0 fully saturated rings. The molecule has 0 bridgehead atoms. The number of carbonyl (C=O) groups excluding carboxylic acids is 1. The van der Waals surface area contributed by atoms with Gasteiger partial charge in [-0.1, -0.05) is 44.2 Å². The summed E-state index contributed by atoms with van der Waals surface area (Å²) in [7, 11) is 0.